The van der Waals surface area contributed by atoms with Crippen molar-refractivity contribution in [3.8, 4) is 0 Å². The molecule has 0 amide bonds. The van der Waals surface area contributed by atoms with Gasteiger partial charge in [0.1, 0.15) is 0 Å². The van der Waals surface area contributed by atoms with Gasteiger partial charge in [-0.2, -0.15) is 0 Å². The molecule has 1 saturated carbocycles. The van der Waals surface area contributed by atoms with Gasteiger partial charge >= 0.3 is 0 Å². The van der Waals surface area contributed by atoms with E-state index in [2.05, 4.69) is 39.1 Å². The summed E-state index contributed by atoms with van der Waals surface area (Å²) in [7, 11) is 0. The number of likely N-dealkylation sites (tertiary alicyclic amines) is 1. The van der Waals surface area contributed by atoms with Gasteiger partial charge in [-0.05, 0) is 67.0 Å². The van der Waals surface area contributed by atoms with E-state index in [0.29, 0.717) is 12.1 Å². The molecule has 0 radical (unpaired) electrons. The first-order chi connectivity index (χ1) is 11.9. The van der Waals surface area contributed by atoms with Crippen LogP contribution in [0.4, 0.5) is 0 Å². The van der Waals surface area contributed by atoms with E-state index in [1.807, 2.05) is 24.8 Å². The van der Waals surface area contributed by atoms with Crippen molar-refractivity contribution in [2.24, 2.45) is 5.92 Å². The Morgan fingerprint density at radius 2 is 1.58 bits per heavy atom. The van der Waals surface area contributed by atoms with Gasteiger partial charge in [0.25, 0.3) is 0 Å². The molecule has 1 saturated heterocycles. The molecule has 0 N–H and O–H groups in total. The molecule has 2 atom stereocenters. The topological polar surface area (TPSA) is 38.2 Å². The van der Waals surface area contributed by atoms with E-state index in [1.165, 1.54) is 24.0 Å². The average molecular weight is 323 g/mol. The van der Waals surface area contributed by atoms with Crippen LogP contribution >= 0.6 is 0 Å². The quantitative estimate of drug-likeness (QED) is 0.785. The molecule has 24 heavy (non-hydrogen) atoms. The molecule has 2 fully saturated rings. The summed E-state index contributed by atoms with van der Waals surface area (Å²) >= 11 is 0. The van der Waals surface area contributed by atoms with Crippen LogP contribution in [0.1, 0.15) is 30.4 Å². The monoisotopic (exact) mass is 323 g/mol. The number of pyridine rings is 2. The van der Waals surface area contributed by atoms with Crippen LogP contribution in [0.2, 0.25) is 0 Å². The predicted molar refractivity (Wildman–Crippen MR) is 93.5 cm³/mol. The molecule has 2 aromatic rings. The van der Waals surface area contributed by atoms with Gasteiger partial charge in [0.15, 0.2) is 0 Å². The lowest BCUT2D eigenvalue weighted by Crippen LogP contribution is -2.38. The number of ether oxygens (including phenoxy) is 1. The van der Waals surface area contributed by atoms with Crippen LogP contribution in [0.25, 0.3) is 0 Å². The van der Waals surface area contributed by atoms with Crippen molar-refractivity contribution in [2.75, 3.05) is 13.2 Å². The minimum atomic E-state index is 0.348. The summed E-state index contributed by atoms with van der Waals surface area (Å²) in [5, 5.41) is 0. The maximum atomic E-state index is 6.31. The summed E-state index contributed by atoms with van der Waals surface area (Å²) < 4.78 is 6.31. The minimum absolute atomic E-state index is 0.348. The highest BCUT2D eigenvalue weighted by atomic mass is 16.5. The number of aromatic nitrogens is 2. The Balaban J connectivity index is 1.46. The van der Waals surface area contributed by atoms with Crippen LogP contribution in [-0.4, -0.2) is 40.2 Å². The Bertz CT molecular complexity index is 630. The zero-order chi connectivity index (χ0) is 16.2. The van der Waals surface area contributed by atoms with Crippen molar-refractivity contribution in [3.05, 3.63) is 60.2 Å². The van der Waals surface area contributed by atoms with Crippen molar-refractivity contribution < 1.29 is 4.74 Å². The van der Waals surface area contributed by atoms with E-state index in [4.69, 9.17) is 4.74 Å². The van der Waals surface area contributed by atoms with Crippen LogP contribution in [0.5, 0.6) is 0 Å². The third-order valence-corrected chi connectivity index (χ3v) is 5.17. The van der Waals surface area contributed by atoms with Crippen molar-refractivity contribution in [1.82, 2.24) is 14.9 Å². The molecule has 1 aliphatic carbocycles. The first-order valence-electron chi connectivity index (χ1n) is 9.02. The number of rotatable bonds is 7. The minimum Gasteiger partial charge on any atom is -0.376 e. The SMILES string of the molecule is c1cc(C[C@@H]2[C@H](OCC3CC3)CCN2Cc2ccncc2)ccn1. The largest absolute Gasteiger partial charge is 0.376 e. The second-order valence-corrected chi connectivity index (χ2v) is 7.06. The number of nitrogens with zero attached hydrogens (tertiary/aromatic N) is 3. The third kappa shape index (κ3) is 4.00. The highest BCUT2D eigenvalue weighted by Crippen LogP contribution is 2.32. The molecule has 2 aliphatic rings. The smallest absolute Gasteiger partial charge is 0.0745 e. The van der Waals surface area contributed by atoms with Gasteiger partial charge in [-0.25, -0.2) is 0 Å². The molecule has 0 unspecified atom stereocenters. The van der Waals surface area contributed by atoms with E-state index in [1.54, 1.807) is 0 Å². The fourth-order valence-corrected chi connectivity index (χ4v) is 3.56. The summed E-state index contributed by atoms with van der Waals surface area (Å²) in [4.78, 5) is 10.8. The van der Waals surface area contributed by atoms with Crippen molar-refractivity contribution in [3.63, 3.8) is 0 Å². The fraction of sp³-hybridized carbons (Fsp3) is 0.500. The molecular weight excluding hydrogens is 298 g/mol. The lowest BCUT2D eigenvalue weighted by molar-refractivity contribution is 0.0196. The molecule has 3 heterocycles. The van der Waals surface area contributed by atoms with Crippen molar-refractivity contribution in [1.29, 1.82) is 0 Å². The zero-order valence-electron chi connectivity index (χ0n) is 14.1. The van der Waals surface area contributed by atoms with E-state index in [9.17, 15) is 0 Å². The van der Waals surface area contributed by atoms with Gasteiger partial charge in [0.05, 0.1) is 6.10 Å². The number of hydrogen-bond donors (Lipinski definition) is 0. The highest BCUT2D eigenvalue weighted by Gasteiger charge is 2.36. The molecular formula is C20H25N3O. The Labute approximate surface area is 143 Å². The van der Waals surface area contributed by atoms with E-state index in [0.717, 1.165) is 38.5 Å². The fourth-order valence-electron chi connectivity index (χ4n) is 3.56. The lowest BCUT2D eigenvalue weighted by atomic mass is 10.0. The molecule has 0 spiro atoms. The van der Waals surface area contributed by atoms with Gasteiger partial charge in [0, 0.05) is 50.5 Å². The van der Waals surface area contributed by atoms with Crippen LogP contribution in [-0.2, 0) is 17.7 Å². The van der Waals surface area contributed by atoms with Gasteiger partial charge in [-0.3, -0.25) is 14.9 Å². The van der Waals surface area contributed by atoms with Gasteiger partial charge in [-0.1, -0.05) is 0 Å². The zero-order valence-corrected chi connectivity index (χ0v) is 14.1. The molecule has 1 aliphatic heterocycles. The molecule has 0 aromatic carbocycles. The van der Waals surface area contributed by atoms with Gasteiger partial charge < -0.3 is 4.74 Å². The van der Waals surface area contributed by atoms with Gasteiger partial charge in [-0.15, -0.1) is 0 Å². The van der Waals surface area contributed by atoms with E-state index in [-0.39, 0.29) is 0 Å². The summed E-state index contributed by atoms with van der Waals surface area (Å²) in [5.41, 5.74) is 2.67. The Hall–Kier alpha value is -1.78. The van der Waals surface area contributed by atoms with Crippen LogP contribution in [0, 0.1) is 5.92 Å². The Morgan fingerprint density at radius 3 is 2.25 bits per heavy atom. The second kappa shape index (κ2) is 7.41. The second-order valence-electron chi connectivity index (χ2n) is 7.06. The summed E-state index contributed by atoms with van der Waals surface area (Å²) in [6.07, 6.45) is 12.7. The predicted octanol–water partition coefficient (Wildman–Crippen LogP) is 3.09. The molecule has 4 rings (SSSR count). The van der Waals surface area contributed by atoms with Crippen LogP contribution in [0.15, 0.2) is 49.1 Å². The normalized spacial score (nSPS) is 24.3. The van der Waals surface area contributed by atoms with Crippen molar-refractivity contribution in [2.45, 2.75) is 44.4 Å². The summed E-state index contributed by atoms with van der Waals surface area (Å²) in [5.74, 6) is 0.820. The highest BCUT2D eigenvalue weighted by molar-refractivity contribution is 5.15. The molecule has 0 bridgehead atoms. The standard InChI is InChI=1S/C20H25N3O/c1-2-18(1)15-24-20-7-12-23(14-17-5-10-22-11-6-17)19(20)13-16-3-8-21-9-4-16/h3-6,8-11,18-20H,1-2,7,12-15H2/t19-,20-/m1/s1. The first kappa shape index (κ1) is 15.7. The van der Waals surface area contributed by atoms with Crippen molar-refractivity contribution >= 4 is 0 Å². The average Bonchev–Trinajstić information content (AvgIpc) is 3.39. The van der Waals surface area contributed by atoms with Gasteiger partial charge in [0.2, 0.25) is 0 Å². The summed E-state index contributed by atoms with van der Waals surface area (Å²) in [6.45, 7) is 3.02. The molecule has 2 aromatic heterocycles. The molecule has 4 heteroatoms. The molecule has 4 nitrogen and oxygen atoms in total. The van der Waals surface area contributed by atoms with Crippen LogP contribution in [0.3, 0.4) is 0 Å². The maximum Gasteiger partial charge on any atom is 0.0745 e. The number of hydrogen-bond acceptors (Lipinski definition) is 4. The first-order valence-corrected chi connectivity index (χ1v) is 9.02. The maximum absolute atomic E-state index is 6.31. The summed E-state index contributed by atoms with van der Waals surface area (Å²) in [6, 6.07) is 8.92. The molecule has 126 valence electrons. The van der Waals surface area contributed by atoms with Crippen LogP contribution < -0.4 is 0 Å². The Kier molecular flexibility index (Phi) is 4.86. The van der Waals surface area contributed by atoms with E-state index < -0.39 is 0 Å². The third-order valence-electron chi connectivity index (χ3n) is 5.17. The Morgan fingerprint density at radius 1 is 0.917 bits per heavy atom. The van der Waals surface area contributed by atoms with E-state index >= 15 is 0 Å². The lowest BCUT2D eigenvalue weighted by Gasteiger charge is -2.28.